The Bertz CT molecular complexity index is 671. The molecule has 8 heteroatoms. The lowest BCUT2D eigenvalue weighted by Gasteiger charge is -2.07. The van der Waals surface area contributed by atoms with Gasteiger partial charge in [0.2, 0.25) is 5.88 Å². The third kappa shape index (κ3) is 4.95. The number of methoxy groups -OCH3 is 1. The van der Waals surface area contributed by atoms with Crippen LogP contribution < -0.4 is 14.8 Å². The van der Waals surface area contributed by atoms with Crippen LogP contribution in [0.1, 0.15) is 5.56 Å². The Balaban J connectivity index is 1.77. The molecule has 0 fully saturated rings. The predicted molar refractivity (Wildman–Crippen MR) is 81.2 cm³/mol. The smallest absolute Gasteiger partial charge is 0.269 e. The molecule has 0 saturated heterocycles. The number of aromatic nitrogens is 1. The number of non-ortho nitro benzene ring substituents is 1. The summed E-state index contributed by atoms with van der Waals surface area (Å²) in [6, 6.07) is 9.02. The van der Waals surface area contributed by atoms with Gasteiger partial charge in [0.25, 0.3) is 11.6 Å². The van der Waals surface area contributed by atoms with Crippen LogP contribution in [0.3, 0.4) is 0 Å². The predicted octanol–water partition coefficient (Wildman–Crippen LogP) is 1.69. The summed E-state index contributed by atoms with van der Waals surface area (Å²) in [7, 11) is 1.53. The Labute approximate surface area is 132 Å². The van der Waals surface area contributed by atoms with Gasteiger partial charge in [-0.25, -0.2) is 4.98 Å². The molecule has 1 amide bonds. The largest absolute Gasteiger partial charge is 0.484 e. The van der Waals surface area contributed by atoms with Crippen molar-refractivity contribution < 1.29 is 19.2 Å². The number of pyridine rings is 1. The summed E-state index contributed by atoms with van der Waals surface area (Å²) in [4.78, 5) is 25.8. The highest BCUT2D eigenvalue weighted by Crippen LogP contribution is 2.17. The first kappa shape index (κ1) is 16.2. The summed E-state index contributed by atoms with van der Waals surface area (Å²) in [5.41, 5.74) is 0.795. The average Bonchev–Trinajstić information content (AvgIpc) is 2.59. The summed E-state index contributed by atoms with van der Waals surface area (Å²) in [6.07, 6.45) is 1.61. The van der Waals surface area contributed by atoms with Crippen molar-refractivity contribution in [2.45, 2.75) is 6.54 Å². The number of hydrogen-bond donors (Lipinski definition) is 1. The van der Waals surface area contributed by atoms with E-state index >= 15 is 0 Å². The van der Waals surface area contributed by atoms with Gasteiger partial charge < -0.3 is 14.8 Å². The van der Waals surface area contributed by atoms with Crippen molar-refractivity contribution in [3.63, 3.8) is 0 Å². The molecule has 1 aromatic carbocycles. The fourth-order valence-corrected chi connectivity index (χ4v) is 1.70. The topological polar surface area (TPSA) is 104 Å². The van der Waals surface area contributed by atoms with Gasteiger partial charge in [-0.2, -0.15) is 0 Å². The molecule has 0 spiro atoms. The normalized spacial score (nSPS) is 9.96. The molecule has 1 aromatic heterocycles. The van der Waals surface area contributed by atoms with E-state index in [0.29, 0.717) is 18.2 Å². The van der Waals surface area contributed by atoms with E-state index in [0.717, 1.165) is 5.56 Å². The van der Waals surface area contributed by atoms with Crippen molar-refractivity contribution in [3.05, 3.63) is 58.3 Å². The van der Waals surface area contributed by atoms with Crippen LogP contribution in [0, 0.1) is 10.1 Å². The van der Waals surface area contributed by atoms with Crippen LogP contribution >= 0.6 is 0 Å². The van der Waals surface area contributed by atoms with Gasteiger partial charge >= 0.3 is 0 Å². The van der Waals surface area contributed by atoms with Crippen molar-refractivity contribution in [2.75, 3.05) is 13.7 Å². The maximum Gasteiger partial charge on any atom is 0.269 e. The minimum Gasteiger partial charge on any atom is -0.484 e. The number of nitro benzene ring substituents is 1. The number of carbonyl (C=O) groups excluding carboxylic acids is 1. The maximum absolute atomic E-state index is 11.7. The summed E-state index contributed by atoms with van der Waals surface area (Å²) in [5.74, 6) is 0.581. The van der Waals surface area contributed by atoms with E-state index in [-0.39, 0.29) is 18.2 Å². The molecule has 0 aliphatic heterocycles. The molecule has 2 rings (SSSR count). The number of rotatable bonds is 7. The third-order valence-corrected chi connectivity index (χ3v) is 2.91. The second-order valence-corrected chi connectivity index (χ2v) is 4.53. The number of ether oxygens (including phenoxy) is 2. The van der Waals surface area contributed by atoms with Crippen molar-refractivity contribution in [2.24, 2.45) is 0 Å². The second-order valence-electron chi connectivity index (χ2n) is 4.53. The zero-order chi connectivity index (χ0) is 16.7. The standard InChI is InChI=1S/C15H15N3O5/c1-22-15-7-2-11(9-17-15)8-16-14(19)10-23-13-5-3-12(4-6-13)18(20)21/h2-7,9H,8,10H2,1H3,(H,16,19). The highest BCUT2D eigenvalue weighted by atomic mass is 16.6. The molecule has 0 aliphatic carbocycles. The van der Waals surface area contributed by atoms with Crippen LogP contribution in [0.15, 0.2) is 42.6 Å². The Morgan fingerprint density at radius 3 is 2.57 bits per heavy atom. The number of benzene rings is 1. The molecule has 0 bridgehead atoms. The van der Waals surface area contributed by atoms with Crippen LogP contribution in [0.5, 0.6) is 11.6 Å². The second kappa shape index (κ2) is 7.74. The molecule has 0 unspecified atom stereocenters. The van der Waals surface area contributed by atoms with Crippen molar-refractivity contribution in [1.82, 2.24) is 10.3 Å². The van der Waals surface area contributed by atoms with E-state index in [1.165, 1.54) is 31.4 Å². The molecule has 0 atom stereocenters. The number of amides is 1. The number of carbonyl (C=O) groups is 1. The molecule has 2 aromatic rings. The van der Waals surface area contributed by atoms with Crippen molar-refractivity contribution in [1.29, 1.82) is 0 Å². The Morgan fingerprint density at radius 1 is 1.26 bits per heavy atom. The van der Waals surface area contributed by atoms with Gasteiger partial charge in [-0.15, -0.1) is 0 Å². The summed E-state index contributed by atoms with van der Waals surface area (Å²) >= 11 is 0. The number of nitrogens with zero attached hydrogens (tertiary/aromatic N) is 2. The molecule has 1 N–H and O–H groups in total. The van der Waals surface area contributed by atoms with Gasteiger partial charge in [-0.05, 0) is 17.7 Å². The van der Waals surface area contributed by atoms with Gasteiger partial charge in [0, 0.05) is 30.9 Å². The van der Waals surface area contributed by atoms with Gasteiger partial charge in [0.05, 0.1) is 12.0 Å². The number of nitrogens with one attached hydrogen (secondary N) is 1. The monoisotopic (exact) mass is 317 g/mol. The SMILES string of the molecule is COc1ccc(CNC(=O)COc2ccc([N+](=O)[O-])cc2)cn1. The van der Waals surface area contributed by atoms with Crippen LogP contribution in [0.25, 0.3) is 0 Å². The lowest BCUT2D eigenvalue weighted by atomic mass is 10.3. The van der Waals surface area contributed by atoms with E-state index in [9.17, 15) is 14.9 Å². The zero-order valence-electron chi connectivity index (χ0n) is 12.4. The fraction of sp³-hybridized carbons (Fsp3) is 0.200. The minimum atomic E-state index is -0.501. The van der Waals surface area contributed by atoms with Crippen molar-refractivity contribution in [3.8, 4) is 11.6 Å². The Hall–Kier alpha value is -3.16. The lowest BCUT2D eigenvalue weighted by molar-refractivity contribution is -0.384. The average molecular weight is 317 g/mol. The van der Waals surface area contributed by atoms with Gasteiger partial charge in [0.1, 0.15) is 5.75 Å². The maximum atomic E-state index is 11.7. The van der Waals surface area contributed by atoms with Gasteiger partial charge in [0.15, 0.2) is 6.61 Å². The number of hydrogen-bond acceptors (Lipinski definition) is 6. The lowest BCUT2D eigenvalue weighted by Crippen LogP contribution is -2.28. The Morgan fingerprint density at radius 2 is 2.00 bits per heavy atom. The molecule has 0 saturated carbocycles. The molecule has 1 heterocycles. The first-order chi connectivity index (χ1) is 11.1. The fourth-order valence-electron chi connectivity index (χ4n) is 1.70. The highest BCUT2D eigenvalue weighted by Gasteiger charge is 2.06. The minimum absolute atomic E-state index is 0.0335. The summed E-state index contributed by atoms with van der Waals surface area (Å²) in [6.45, 7) is 0.140. The van der Waals surface area contributed by atoms with E-state index < -0.39 is 4.92 Å². The van der Waals surface area contributed by atoms with Gasteiger partial charge in [-0.1, -0.05) is 6.07 Å². The van der Waals surface area contributed by atoms with E-state index in [4.69, 9.17) is 9.47 Å². The zero-order valence-corrected chi connectivity index (χ0v) is 12.4. The van der Waals surface area contributed by atoms with E-state index in [2.05, 4.69) is 10.3 Å². The van der Waals surface area contributed by atoms with Crippen LogP contribution in [0.2, 0.25) is 0 Å². The summed E-state index contributed by atoms with van der Waals surface area (Å²) < 4.78 is 10.2. The summed E-state index contributed by atoms with van der Waals surface area (Å²) in [5, 5.41) is 13.2. The van der Waals surface area contributed by atoms with Crippen LogP contribution in [-0.4, -0.2) is 29.5 Å². The molecular formula is C15H15N3O5. The Kier molecular flexibility index (Phi) is 5.45. The van der Waals surface area contributed by atoms with Crippen molar-refractivity contribution >= 4 is 11.6 Å². The molecule has 120 valence electrons. The van der Waals surface area contributed by atoms with Crippen LogP contribution in [-0.2, 0) is 11.3 Å². The highest BCUT2D eigenvalue weighted by molar-refractivity contribution is 5.77. The number of nitro groups is 1. The third-order valence-electron chi connectivity index (χ3n) is 2.91. The van der Waals surface area contributed by atoms with E-state index in [1.54, 1.807) is 18.3 Å². The molecular weight excluding hydrogens is 302 g/mol. The first-order valence-corrected chi connectivity index (χ1v) is 6.71. The molecule has 0 radical (unpaired) electrons. The van der Waals surface area contributed by atoms with Gasteiger partial charge in [-0.3, -0.25) is 14.9 Å². The molecule has 0 aliphatic rings. The first-order valence-electron chi connectivity index (χ1n) is 6.71. The van der Waals surface area contributed by atoms with Crippen LogP contribution in [0.4, 0.5) is 5.69 Å². The quantitative estimate of drug-likeness (QED) is 0.615. The molecule has 8 nitrogen and oxygen atoms in total. The molecule has 23 heavy (non-hydrogen) atoms. The van der Waals surface area contributed by atoms with E-state index in [1.807, 2.05) is 0 Å².